The molecule has 2 N–H and O–H groups in total. The van der Waals surface area contributed by atoms with Crippen molar-refractivity contribution in [1.82, 2.24) is 15.2 Å². The third kappa shape index (κ3) is 5.59. The van der Waals surface area contributed by atoms with Crippen molar-refractivity contribution in [3.8, 4) is 16.8 Å². The van der Waals surface area contributed by atoms with E-state index in [-0.39, 0.29) is 12.2 Å². The van der Waals surface area contributed by atoms with Crippen LogP contribution in [0.15, 0.2) is 197 Å². The summed E-state index contributed by atoms with van der Waals surface area (Å²) in [7, 11) is 0. The highest BCUT2D eigenvalue weighted by molar-refractivity contribution is 6.15. The standard InChI is InChI=1S/C53H39N3O2/c1-33(35-15-5-3-6-16-35)54-53(36-17-7-4-8-18-36)55-34(2)37-27-29-43-50(32-37)57-49-26-14-21-39(51(43)49)38-28-30-48-44(31-38)42-22-13-25-47(52(42)58-48)56-45-23-11-9-19-40(45)41-20-10-12-24-46(41)56/h3-32,34,53-55H,1H2,2H3/t34-,53?/m1/s1. The van der Waals surface area contributed by atoms with Gasteiger partial charge in [-0.3, -0.25) is 5.32 Å². The molecule has 0 aliphatic carbocycles. The Kier molecular flexibility index (Phi) is 8.02. The highest BCUT2D eigenvalue weighted by Crippen LogP contribution is 2.42. The highest BCUT2D eigenvalue weighted by atomic mass is 16.3. The fraction of sp³-hybridized carbons (Fsp3) is 0.0566. The number of para-hydroxylation sites is 3. The quantitative estimate of drug-likeness (QED) is 0.144. The third-order valence-corrected chi connectivity index (χ3v) is 11.6. The van der Waals surface area contributed by atoms with Crippen molar-refractivity contribution in [2.24, 2.45) is 0 Å². The topological polar surface area (TPSA) is 55.3 Å². The molecule has 5 nitrogen and oxygen atoms in total. The van der Waals surface area contributed by atoms with E-state index in [0.29, 0.717) is 0 Å². The van der Waals surface area contributed by atoms with Gasteiger partial charge in [0.15, 0.2) is 5.58 Å². The van der Waals surface area contributed by atoms with Crippen LogP contribution in [0.1, 0.15) is 35.8 Å². The monoisotopic (exact) mass is 749 g/mol. The van der Waals surface area contributed by atoms with Crippen LogP contribution in [0.25, 0.3) is 88.2 Å². The van der Waals surface area contributed by atoms with E-state index in [4.69, 9.17) is 8.83 Å². The van der Waals surface area contributed by atoms with Gasteiger partial charge in [-0.25, -0.2) is 0 Å². The van der Waals surface area contributed by atoms with E-state index in [0.717, 1.165) is 94.1 Å². The first-order valence-corrected chi connectivity index (χ1v) is 19.8. The van der Waals surface area contributed by atoms with Crippen LogP contribution >= 0.6 is 0 Å². The third-order valence-electron chi connectivity index (χ3n) is 11.6. The minimum absolute atomic E-state index is 0.00236. The molecule has 8 aromatic carbocycles. The summed E-state index contributed by atoms with van der Waals surface area (Å²) in [5, 5.41) is 14.3. The van der Waals surface area contributed by atoms with Gasteiger partial charge in [-0.2, -0.15) is 0 Å². The minimum atomic E-state index is -0.158. The molecule has 0 saturated heterocycles. The molecule has 0 fully saturated rings. The number of nitrogens with zero attached hydrogens (tertiary/aromatic N) is 1. The predicted molar refractivity (Wildman–Crippen MR) is 240 cm³/mol. The summed E-state index contributed by atoms with van der Waals surface area (Å²) in [6, 6.07) is 63.8. The fourth-order valence-corrected chi connectivity index (χ4v) is 8.77. The molecule has 0 bridgehead atoms. The van der Waals surface area contributed by atoms with Crippen molar-refractivity contribution in [2.45, 2.75) is 19.1 Å². The van der Waals surface area contributed by atoms with Gasteiger partial charge in [-0.15, -0.1) is 0 Å². The van der Waals surface area contributed by atoms with Crippen LogP contribution in [0.4, 0.5) is 0 Å². The number of furan rings is 2. The number of benzene rings is 8. The van der Waals surface area contributed by atoms with Crippen LogP contribution in [-0.2, 0) is 0 Å². The number of nitrogens with one attached hydrogen (secondary N) is 2. The van der Waals surface area contributed by atoms with Gasteiger partial charge in [0.25, 0.3) is 0 Å². The molecule has 2 atom stereocenters. The summed E-state index contributed by atoms with van der Waals surface area (Å²) in [4.78, 5) is 0. The van der Waals surface area contributed by atoms with Crippen molar-refractivity contribution >= 4 is 71.4 Å². The van der Waals surface area contributed by atoms with Crippen molar-refractivity contribution in [2.75, 3.05) is 0 Å². The molecule has 1 unspecified atom stereocenters. The Hall–Kier alpha value is -7.34. The maximum atomic E-state index is 6.72. The van der Waals surface area contributed by atoms with Crippen molar-refractivity contribution in [3.63, 3.8) is 0 Å². The maximum absolute atomic E-state index is 6.72. The van der Waals surface area contributed by atoms with Crippen molar-refractivity contribution in [3.05, 3.63) is 205 Å². The van der Waals surface area contributed by atoms with Crippen LogP contribution in [0, 0.1) is 0 Å². The van der Waals surface area contributed by atoms with Gasteiger partial charge in [0, 0.05) is 44.1 Å². The van der Waals surface area contributed by atoms with Crippen LogP contribution < -0.4 is 10.6 Å². The Labute approximate surface area is 335 Å². The number of hydrogen-bond donors (Lipinski definition) is 2. The van der Waals surface area contributed by atoms with E-state index >= 15 is 0 Å². The molecule has 0 amide bonds. The summed E-state index contributed by atoms with van der Waals surface area (Å²) in [5.41, 5.74) is 13.2. The molecule has 0 spiro atoms. The lowest BCUT2D eigenvalue weighted by Gasteiger charge is -2.27. The van der Waals surface area contributed by atoms with Crippen LogP contribution in [0.5, 0.6) is 0 Å². The van der Waals surface area contributed by atoms with E-state index in [9.17, 15) is 0 Å². The normalized spacial score (nSPS) is 12.9. The largest absolute Gasteiger partial charge is 0.456 e. The van der Waals surface area contributed by atoms with Crippen LogP contribution in [-0.4, -0.2) is 4.57 Å². The van der Waals surface area contributed by atoms with E-state index in [1.165, 1.54) is 10.8 Å². The Balaban J connectivity index is 0.959. The van der Waals surface area contributed by atoms with E-state index in [1.54, 1.807) is 0 Å². The van der Waals surface area contributed by atoms with Crippen molar-refractivity contribution < 1.29 is 8.83 Å². The Morgan fingerprint density at radius 3 is 2.00 bits per heavy atom. The lowest BCUT2D eigenvalue weighted by molar-refractivity contribution is 0.439. The average Bonchev–Trinajstić information content (AvgIpc) is 3.96. The summed E-state index contributed by atoms with van der Waals surface area (Å²) in [6.07, 6.45) is -0.158. The van der Waals surface area contributed by atoms with Gasteiger partial charge in [0.1, 0.15) is 22.9 Å². The molecule has 278 valence electrons. The van der Waals surface area contributed by atoms with E-state index in [2.05, 4.69) is 186 Å². The number of aromatic nitrogens is 1. The number of hydrogen-bond acceptors (Lipinski definition) is 4. The average molecular weight is 750 g/mol. The van der Waals surface area contributed by atoms with Gasteiger partial charge in [-0.05, 0) is 77.2 Å². The second kappa shape index (κ2) is 13.7. The first-order valence-electron chi connectivity index (χ1n) is 19.8. The molecular formula is C53H39N3O2. The molecule has 0 aliphatic heterocycles. The number of rotatable bonds is 9. The molecule has 0 aliphatic rings. The fourth-order valence-electron chi connectivity index (χ4n) is 8.77. The Morgan fingerprint density at radius 2 is 1.22 bits per heavy atom. The summed E-state index contributed by atoms with van der Waals surface area (Å²) in [6.45, 7) is 6.55. The van der Waals surface area contributed by atoms with E-state index < -0.39 is 0 Å². The smallest absolute Gasteiger partial charge is 0.159 e. The lowest BCUT2D eigenvalue weighted by Crippen LogP contribution is -2.34. The first-order chi connectivity index (χ1) is 28.6. The van der Waals surface area contributed by atoms with Gasteiger partial charge in [-0.1, -0.05) is 146 Å². The highest BCUT2D eigenvalue weighted by Gasteiger charge is 2.21. The Bertz CT molecular complexity index is 3280. The predicted octanol–water partition coefficient (Wildman–Crippen LogP) is 13.9. The SMILES string of the molecule is C=C(NC(N[C@H](C)c1ccc2c(c1)oc1cccc(-c3ccc4oc5c(-n6c7ccccc7c7ccccc76)cccc5c4c3)c12)c1ccccc1)c1ccccc1. The molecule has 3 aromatic heterocycles. The van der Waals surface area contributed by atoms with Gasteiger partial charge < -0.3 is 18.7 Å². The molecule has 0 saturated carbocycles. The second-order valence-electron chi connectivity index (χ2n) is 15.1. The lowest BCUT2D eigenvalue weighted by atomic mass is 9.97. The molecule has 11 aromatic rings. The van der Waals surface area contributed by atoms with Crippen LogP contribution in [0.3, 0.4) is 0 Å². The molecule has 0 radical (unpaired) electrons. The molecule has 58 heavy (non-hydrogen) atoms. The zero-order valence-electron chi connectivity index (χ0n) is 31.9. The summed E-state index contributed by atoms with van der Waals surface area (Å²) < 4.78 is 15.7. The molecule has 11 rings (SSSR count). The van der Waals surface area contributed by atoms with Crippen LogP contribution in [0.2, 0.25) is 0 Å². The zero-order chi connectivity index (χ0) is 38.7. The molecular weight excluding hydrogens is 711 g/mol. The van der Waals surface area contributed by atoms with Crippen molar-refractivity contribution in [1.29, 1.82) is 0 Å². The number of fused-ring (bicyclic) bond motifs is 9. The first kappa shape index (κ1) is 34.0. The van der Waals surface area contributed by atoms with Gasteiger partial charge >= 0.3 is 0 Å². The second-order valence-corrected chi connectivity index (χ2v) is 15.1. The zero-order valence-corrected chi connectivity index (χ0v) is 31.9. The minimum Gasteiger partial charge on any atom is -0.456 e. The summed E-state index contributed by atoms with van der Waals surface area (Å²) in [5.74, 6) is 0. The molecule has 3 heterocycles. The Morgan fingerprint density at radius 1 is 0.534 bits per heavy atom. The van der Waals surface area contributed by atoms with E-state index in [1.807, 2.05) is 24.3 Å². The van der Waals surface area contributed by atoms with Gasteiger partial charge in [0.2, 0.25) is 0 Å². The maximum Gasteiger partial charge on any atom is 0.159 e. The molecule has 5 heteroatoms. The summed E-state index contributed by atoms with van der Waals surface area (Å²) >= 11 is 0. The van der Waals surface area contributed by atoms with Gasteiger partial charge in [0.05, 0.1) is 16.7 Å².